The summed E-state index contributed by atoms with van der Waals surface area (Å²) in [4.78, 5) is 2.39. The van der Waals surface area contributed by atoms with Crippen LogP contribution in [-0.4, -0.2) is 32.9 Å². The first-order valence-electron chi connectivity index (χ1n) is 8.02. The van der Waals surface area contributed by atoms with Gasteiger partial charge in [0.2, 0.25) is 0 Å². The average molecular weight is 299 g/mol. The number of nitrogens with zero attached hydrogens (tertiary/aromatic N) is 3. The van der Waals surface area contributed by atoms with Gasteiger partial charge < -0.3 is 5.11 Å². The van der Waals surface area contributed by atoms with Crippen LogP contribution in [0.2, 0.25) is 0 Å². The van der Waals surface area contributed by atoms with E-state index >= 15 is 0 Å². The van der Waals surface area contributed by atoms with Gasteiger partial charge in [-0.05, 0) is 49.9 Å². The van der Waals surface area contributed by atoms with Crippen molar-refractivity contribution in [3.63, 3.8) is 0 Å². The Bertz CT molecular complexity index is 650. The van der Waals surface area contributed by atoms with Crippen molar-refractivity contribution >= 4 is 0 Å². The minimum absolute atomic E-state index is 0.384. The summed E-state index contributed by atoms with van der Waals surface area (Å²) in [6, 6.07) is 6.63. The second-order valence-corrected chi connectivity index (χ2v) is 6.46. The number of likely N-dealkylation sites (tertiary alicyclic amines) is 1. The number of hydrogen-bond donors (Lipinski definition) is 1. The molecule has 0 spiro atoms. The van der Waals surface area contributed by atoms with E-state index in [2.05, 4.69) is 42.2 Å². The van der Waals surface area contributed by atoms with Crippen LogP contribution < -0.4 is 0 Å². The molecule has 3 rings (SSSR count). The van der Waals surface area contributed by atoms with Crippen LogP contribution in [0.4, 0.5) is 0 Å². The molecule has 0 amide bonds. The first-order valence-corrected chi connectivity index (χ1v) is 8.02. The Morgan fingerprint density at radius 3 is 2.82 bits per heavy atom. The third-order valence-corrected chi connectivity index (χ3v) is 4.80. The minimum atomic E-state index is -0.434. The van der Waals surface area contributed by atoms with Crippen molar-refractivity contribution in [1.82, 2.24) is 14.7 Å². The quantitative estimate of drug-likeness (QED) is 0.944. The van der Waals surface area contributed by atoms with Crippen LogP contribution in [0.1, 0.15) is 47.2 Å². The number of aliphatic hydroxyl groups is 1. The average Bonchev–Trinajstić information content (AvgIpc) is 3.10. The Kier molecular flexibility index (Phi) is 4.32. The van der Waals surface area contributed by atoms with E-state index in [1.807, 2.05) is 24.0 Å². The Morgan fingerprint density at radius 1 is 1.32 bits per heavy atom. The van der Waals surface area contributed by atoms with Crippen LogP contribution in [0, 0.1) is 13.8 Å². The SMILES string of the molecule is Cc1ccc([C@@H](O)CN2CCC[C@H]2c2cnn(C)c2)cc1C. The fourth-order valence-corrected chi connectivity index (χ4v) is 3.33. The lowest BCUT2D eigenvalue weighted by Gasteiger charge is -2.26. The molecule has 2 aromatic rings. The molecule has 0 aliphatic carbocycles. The molecule has 0 saturated carbocycles. The number of aryl methyl sites for hydroxylation is 3. The van der Waals surface area contributed by atoms with E-state index in [0.717, 1.165) is 18.5 Å². The standard InChI is InChI=1S/C18H25N3O/c1-13-6-7-15(9-14(13)2)18(22)12-21-8-4-5-17(21)16-10-19-20(3)11-16/h6-7,9-11,17-18,22H,4-5,8,12H2,1-3H3/t17-,18-/m0/s1. The first-order chi connectivity index (χ1) is 10.5. The summed E-state index contributed by atoms with van der Waals surface area (Å²) >= 11 is 0. The molecule has 0 radical (unpaired) electrons. The molecule has 1 aromatic heterocycles. The summed E-state index contributed by atoms with van der Waals surface area (Å²) in [7, 11) is 1.95. The second-order valence-electron chi connectivity index (χ2n) is 6.46. The van der Waals surface area contributed by atoms with Crippen LogP contribution in [0.15, 0.2) is 30.6 Å². The normalized spacial score (nSPS) is 20.5. The van der Waals surface area contributed by atoms with Crippen molar-refractivity contribution in [3.05, 3.63) is 52.8 Å². The van der Waals surface area contributed by atoms with E-state index in [-0.39, 0.29) is 0 Å². The molecule has 0 unspecified atom stereocenters. The topological polar surface area (TPSA) is 41.3 Å². The van der Waals surface area contributed by atoms with E-state index in [9.17, 15) is 5.11 Å². The molecule has 4 nitrogen and oxygen atoms in total. The maximum atomic E-state index is 10.6. The largest absolute Gasteiger partial charge is 0.387 e. The monoisotopic (exact) mass is 299 g/mol. The Labute approximate surface area is 132 Å². The zero-order valence-electron chi connectivity index (χ0n) is 13.7. The molecule has 0 bridgehead atoms. The number of benzene rings is 1. The molecule has 1 aliphatic rings. The van der Waals surface area contributed by atoms with Gasteiger partial charge >= 0.3 is 0 Å². The van der Waals surface area contributed by atoms with Crippen LogP contribution in [0.5, 0.6) is 0 Å². The van der Waals surface area contributed by atoms with E-state index in [0.29, 0.717) is 12.6 Å². The van der Waals surface area contributed by atoms with Crippen molar-refractivity contribution in [2.24, 2.45) is 7.05 Å². The predicted octanol–water partition coefficient (Wildman–Crippen LogP) is 2.91. The highest BCUT2D eigenvalue weighted by molar-refractivity contribution is 5.31. The van der Waals surface area contributed by atoms with Gasteiger partial charge in [-0.15, -0.1) is 0 Å². The summed E-state index contributed by atoms with van der Waals surface area (Å²) in [5, 5.41) is 14.9. The van der Waals surface area contributed by atoms with Gasteiger partial charge in [-0.25, -0.2) is 0 Å². The van der Waals surface area contributed by atoms with Crippen LogP contribution >= 0.6 is 0 Å². The summed E-state index contributed by atoms with van der Waals surface area (Å²) in [5.74, 6) is 0. The van der Waals surface area contributed by atoms with Crippen molar-refractivity contribution in [2.45, 2.75) is 38.8 Å². The molecule has 118 valence electrons. The molecule has 2 heterocycles. The lowest BCUT2D eigenvalue weighted by molar-refractivity contribution is 0.106. The molecule has 1 saturated heterocycles. The van der Waals surface area contributed by atoms with Crippen molar-refractivity contribution in [2.75, 3.05) is 13.1 Å². The van der Waals surface area contributed by atoms with Gasteiger partial charge in [-0.3, -0.25) is 9.58 Å². The Hall–Kier alpha value is -1.65. The van der Waals surface area contributed by atoms with E-state index in [1.165, 1.54) is 23.1 Å². The minimum Gasteiger partial charge on any atom is -0.387 e. The molecular weight excluding hydrogens is 274 g/mol. The Balaban J connectivity index is 1.72. The first kappa shape index (κ1) is 15.3. The number of aliphatic hydroxyl groups excluding tert-OH is 1. The highest BCUT2D eigenvalue weighted by Gasteiger charge is 2.28. The van der Waals surface area contributed by atoms with Crippen molar-refractivity contribution in [3.8, 4) is 0 Å². The Morgan fingerprint density at radius 2 is 2.14 bits per heavy atom. The molecule has 1 N–H and O–H groups in total. The summed E-state index contributed by atoms with van der Waals surface area (Å²) in [6.07, 6.45) is 5.93. The zero-order valence-corrected chi connectivity index (χ0v) is 13.7. The van der Waals surface area contributed by atoms with Crippen molar-refractivity contribution in [1.29, 1.82) is 0 Å². The summed E-state index contributed by atoms with van der Waals surface area (Å²) < 4.78 is 1.85. The van der Waals surface area contributed by atoms with E-state index in [4.69, 9.17) is 0 Å². The van der Waals surface area contributed by atoms with Gasteiger partial charge in [0.05, 0.1) is 12.3 Å². The molecular formula is C18H25N3O. The summed E-state index contributed by atoms with van der Waals surface area (Å²) in [5.41, 5.74) is 4.78. The van der Waals surface area contributed by atoms with Crippen LogP contribution in [0.3, 0.4) is 0 Å². The van der Waals surface area contributed by atoms with Gasteiger partial charge in [0.25, 0.3) is 0 Å². The molecule has 4 heteroatoms. The number of rotatable bonds is 4. The molecule has 1 fully saturated rings. The van der Waals surface area contributed by atoms with Gasteiger partial charge in [-0.1, -0.05) is 18.2 Å². The lowest BCUT2D eigenvalue weighted by atomic mass is 10.0. The number of aromatic nitrogens is 2. The molecule has 2 atom stereocenters. The predicted molar refractivity (Wildman–Crippen MR) is 87.6 cm³/mol. The van der Waals surface area contributed by atoms with Gasteiger partial charge in [-0.2, -0.15) is 5.10 Å². The fourth-order valence-electron chi connectivity index (χ4n) is 3.33. The van der Waals surface area contributed by atoms with Gasteiger partial charge in [0.1, 0.15) is 0 Å². The maximum absolute atomic E-state index is 10.6. The lowest BCUT2D eigenvalue weighted by Crippen LogP contribution is -2.28. The fraction of sp³-hybridized carbons (Fsp3) is 0.500. The maximum Gasteiger partial charge on any atom is 0.0917 e. The van der Waals surface area contributed by atoms with Crippen LogP contribution in [-0.2, 0) is 7.05 Å². The smallest absolute Gasteiger partial charge is 0.0917 e. The van der Waals surface area contributed by atoms with Gasteiger partial charge in [0, 0.05) is 31.4 Å². The van der Waals surface area contributed by atoms with Gasteiger partial charge in [0.15, 0.2) is 0 Å². The molecule has 22 heavy (non-hydrogen) atoms. The highest BCUT2D eigenvalue weighted by Crippen LogP contribution is 2.33. The molecule has 1 aliphatic heterocycles. The van der Waals surface area contributed by atoms with Crippen molar-refractivity contribution < 1.29 is 5.11 Å². The third kappa shape index (κ3) is 3.08. The highest BCUT2D eigenvalue weighted by atomic mass is 16.3. The van der Waals surface area contributed by atoms with Crippen LogP contribution in [0.25, 0.3) is 0 Å². The van der Waals surface area contributed by atoms with E-state index < -0.39 is 6.10 Å². The third-order valence-electron chi connectivity index (χ3n) is 4.80. The molecule has 1 aromatic carbocycles. The zero-order chi connectivity index (χ0) is 15.7. The summed E-state index contributed by atoms with van der Waals surface area (Å²) in [6.45, 7) is 5.92. The number of hydrogen-bond acceptors (Lipinski definition) is 3. The van der Waals surface area contributed by atoms with E-state index in [1.54, 1.807) is 0 Å². The second kappa shape index (κ2) is 6.23. The number of β-amino-alcohol motifs (C(OH)–C–C–N with tert-alkyl or cyclic N) is 1.